The van der Waals surface area contributed by atoms with Gasteiger partial charge in [0.05, 0.1) is 0 Å². The Labute approximate surface area is 188 Å². The van der Waals surface area contributed by atoms with Crippen molar-refractivity contribution in [1.82, 2.24) is 24.4 Å². The molecule has 3 heterocycles. The molecule has 0 unspecified atom stereocenters. The fourth-order valence-corrected chi connectivity index (χ4v) is 4.36. The highest BCUT2D eigenvalue weighted by Gasteiger charge is 2.19. The molecule has 0 aliphatic carbocycles. The number of rotatable bonds is 6. The molecule has 1 fully saturated rings. The molecule has 0 amide bonds. The van der Waals surface area contributed by atoms with Gasteiger partial charge in [0, 0.05) is 50.6 Å². The predicted octanol–water partition coefficient (Wildman–Crippen LogP) is 3.67. The lowest BCUT2D eigenvalue weighted by Crippen LogP contribution is -2.47. The summed E-state index contributed by atoms with van der Waals surface area (Å²) in [6.07, 6.45) is 3.42. The molecule has 0 atom stereocenters. The van der Waals surface area contributed by atoms with Crippen LogP contribution in [-0.2, 0) is 0 Å². The van der Waals surface area contributed by atoms with Crippen LogP contribution in [0.1, 0.15) is 11.1 Å². The van der Waals surface area contributed by atoms with E-state index in [1.165, 1.54) is 16.8 Å². The van der Waals surface area contributed by atoms with Crippen LogP contribution in [0.3, 0.4) is 0 Å². The van der Waals surface area contributed by atoms with Crippen LogP contribution < -0.4 is 10.2 Å². The molecule has 1 aliphatic heterocycles. The maximum atomic E-state index is 4.57. The van der Waals surface area contributed by atoms with Gasteiger partial charge in [-0.2, -0.15) is 0 Å². The maximum absolute atomic E-state index is 4.57. The molecular weight excluding hydrogens is 398 g/mol. The first-order valence-corrected chi connectivity index (χ1v) is 11.2. The van der Waals surface area contributed by atoms with E-state index >= 15 is 0 Å². The molecule has 0 bridgehead atoms. The van der Waals surface area contributed by atoms with Gasteiger partial charge in [0.25, 0.3) is 0 Å². The third-order valence-corrected chi connectivity index (χ3v) is 6.38. The fourth-order valence-electron chi connectivity index (χ4n) is 4.36. The van der Waals surface area contributed by atoms with Crippen molar-refractivity contribution in [3.63, 3.8) is 0 Å². The lowest BCUT2D eigenvalue weighted by molar-refractivity contribution is 0.267. The number of benzene rings is 2. The SMILES string of the molecule is Cc1cccc(N2CCN(CCNc3ncnc4c3ncn4-c3ccccc3)CC2)c1C. The van der Waals surface area contributed by atoms with Crippen LogP contribution in [0.4, 0.5) is 11.5 Å². The van der Waals surface area contributed by atoms with E-state index in [0.29, 0.717) is 0 Å². The first-order chi connectivity index (χ1) is 15.7. The van der Waals surface area contributed by atoms with Crippen molar-refractivity contribution in [1.29, 1.82) is 0 Å². The zero-order chi connectivity index (χ0) is 21.9. The predicted molar refractivity (Wildman–Crippen MR) is 130 cm³/mol. The number of hydrogen-bond donors (Lipinski definition) is 1. The Balaban J connectivity index is 1.19. The monoisotopic (exact) mass is 427 g/mol. The van der Waals surface area contributed by atoms with E-state index in [1.807, 2.05) is 41.2 Å². The van der Waals surface area contributed by atoms with Gasteiger partial charge in [0.15, 0.2) is 17.0 Å². The average Bonchev–Trinajstić information content (AvgIpc) is 3.27. The first kappa shape index (κ1) is 20.5. The lowest BCUT2D eigenvalue weighted by atomic mass is 10.1. The summed E-state index contributed by atoms with van der Waals surface area (Å²) in [5.41, 5.74) is 6.79. The Morgan fingerprint density at radius 2 is 1.69 bits per heavy atom. The number of fused-ring (bicyclic) bond motifs is 1. The maximum Gasteiger partial charge on any atom is 0.170 e. The molecule has 7 nitrogen and oxygen atoms in total. The third-order valence-electron chi connectivity index (χ3n) is 6.38. The second-order valence-corrected chi connectivity index (χ2v) is 8.32. The summed E-state index contributed by atoms with van der Waals surface area (Å²) in [6.45, 7) is 10.5. The van der Waals surface area contributed by atoms with Crippen molar-refractivity contribution in [3.8, 4) is 5.69 Å². The molecule has 2 aromatic heterocycles. The van der Waals surface area contributed by atoms with E-state index in [9.17, 15) is 0 Å². The molecule has 1 N–H and O–H groups in total. The van der Waals surface area contributed by atoms with E-state index in [2.05, 4.69) is 62.1 Å². The van der Waals surface area contributed by atoms with E-state index in [4.69, 9.17) is 0 Å². The van der Waals surface area contributed by atoms with Crippen molar-refractivity contribution >= 4 is 22.7 Å². The van der Waals surface area contributed by atoms with Gasteiger partial charge in [-0.25, -0.2) is 15.0 Å². The summed E-state index contributed by atoms with van der Waals surface area (Å²) >= 11 is 0. The Morgan fingerprint density at radius 3 is 2.50 bits per heavy atom. The molecule has 4 aromatic rings. The van der Waals surface area contributed by atoms with E-state index in [-0.39, 0.29) is 0 Å². The minimum Gasteiger partial charge on any atom is -0.369 e. The van der Waals surface area contributed by atoms with Crippen LogP contribution in [0.2, 0.25) is 0 Å². The second-order valence-electron chi connectivity index (χ2n) is 8.32. The van der Waals surface area contributed by atoms with Crippen LogP contribution in [0, 0.1) is 13.8 Å². The quantitative estimate of drug-likeness (QED) is 0.507. The minimum atomic E-state index is 0.790. The topological polar surface area (TPSA) is 62.1 Å². The van der Waals surface area contributed by atoms with Crippen LogP contribution in [-0.4, -0.2) is 63.7 Å². The zero-order valence-electron chi connectivity index (χ0n) is 18.7. The summed E-state index contributed by atoms with van der Waals surface area (Å²) in [4.78, 5) is 18.5. The summed E-state index contributed by atoms with van der Waals surface area (Å²) in [6, 6.07) is 16.7. The van der Waals surface area contributed by atoms with Crippen LogP contribution >= 0.6 is 0 Å². The van der Waals surface area contributed by atoms with Crippen LogP contribution in [0.5, 0.6) is 0 Å². The number of nitrogens with zero attached hydrogens (tertiary/aromatic N) is 6. The first-order valence-electron chi connectivity index (χ1n) is 11.2. The average molecular weight is 428 g/mol. The molecule has 32 heavy (non-hydrogen) atoms. The molecule has 5 rings (SSSR count). The molecule has 7 heteroatoms. The van der Waals surface area contributed by atoms with Gasteiger partial charge in [-0.1, -0.05) is 30.3 Å². The van der Waals surface area contributed by atoms with Crippen molar-refractivity contribution in [2.45, 2.75) is 13.8 Å². The second kappa shape index (κ2) is 8.96. The number of piperazine rings is 1. The van der Waals surface area contributed by atoms with Gasteiger partial charge < -0.3 is 10.2 Å². The Hall–Kier alpha value is -3.45. The molecule has 1 saturated heterocycles. The van der Waals surface area contributed by atoms with Crippen molar-refractivity contribution in [2.75, 3.05) is 49.5 Å². The largest absolute Gasteiger partial charge is 0.369 e. The molecule has 0 radical (unpaired) electrons. The summed E-state index contributed by atoms with van der Waals surface area (Å²) in [5, 5.41) is 3.48. The summed E-state index contributed by atoms with van der Waals surface area (Å²) < 4.78 is 1.99. The Bertz CT molecular complexity index is 1190. The highest BCUT2D eigenvalue weighted by atomic mass is 15.3. The van der Waals surface area contributed by atoms with E-state index in [0.717, 1.165) is 61.9 Å². The van der Waals surface area contributed by atoms with Gasteiger partial charge in [0.2, 0.25) is 0 Å². The highest BCUT2D eigenvalue weighted by Crippen LogP contribution is 2.24. The number of aromatic nitrogens is 4. The molecule has 2 aromatic carbocycles. The number of hydrogen-bond acceptors (Lipinski definition) is 6. The van der Waals surface area contributed by atoms with E-state index in [1.54, 1.807) is 6.33 Å². The molecule has 0 spiro atoms. The van der Waals surface area contributed by atoms with Crippen molar-refractivity contribution < 1.29 is 0 Å². The lowest BCUT2D eigenvalue weighted by Gasteiger charge is -2.37. The Morgan fingerprint density at radius 1 is 0.875 bits per heavy atom. The van der Waals surface area contributed by atoms with Gasteiger partial charge in [-0.3, -0.25) is 9.47 Å². The van der Waals surface area contributed by atoms with E-state index < -0.39 is 0 Å². The molecule has 164 valence electrons. The third kappa shape index (κ3) is 4.03. The van der Waals surface area contributed by atoms with Crippen molar-refractivity contribution in [3.05, 3.63) is 72.3 Å². The normalized spacial score (nSPS) is 14.8. The minimum absolute atomic E-state index is 0.790. The van der Waals surface area contributed by atoms with Crippen LogP contribution in [0.15, 0.2) is 61.2 Å². The number of imidazole rings is 1. The van der Waals surface area contributed by atoms with Gasteiger partial charge in [-0.15, -0.1) is 0 Å². The van der Waals surface area contributed by atoms with Crippen LogP contribution in [0.25, 0.3) is 16.9 Å². The molecule has 0 saturated carbocycles. The summed E-state index contributed by atoms with van der Waals surface area (Å²) in [5.74, 6) is 0.790. The fraction of sp³-hybridized carbons (Fsp3) is 0.320. The number of para-hydroxylation sites is 1. The van der Waals surface area contributed by atoms with Gasteiger partial charge in [0.1, 0.15) is 12.7 Å². The van der Waals surface area contributed by atoms with Gasteiger partial charge in [-0.05, 0) is 43.2 Å². The molecule has 1 aliphatic rings. The highest BCUT2D eigenvalue weighted by molar-refractivity contribution is 5.83. The molecular formula is C25H29N7. The number of aryl methyl sites for hydroxylation is 1. The Kier molecular flexibility index (Phi) is 5.73. The number of nitrogens with one attached hydrogen (secondary N) is 1. The standard InChI is InChI=1S/C25H29N7/c1-19-7-6-10-22(20(19)2)31-15-13-30(14-16-31)12-11-26-24-23-25(28-17-27-24)32(18-29-23)21-8-4-3-5-9-21/h3-10,17-18H,11-16H2,1-2H3,(H,26,27,28). The smallest absolute Gasteiger partial charge is 0.170 e. The van der Waals surface area contributed by atoms with Crippen molar-refractivity contribution in [2.24, 2.45) is 0 Å². The summed E-state index contributed by atoms with van der Waals surface area (Å²) in [7, 11) is 0. The van der Waals surface area contributed by atoms with Gasteiger partial charge >= 0.3 is 0 Å². The number of anilines is 2. The zero-order valence-corrected chi connectivity index (χ0v) is 18.7.